The number of carbonyl (C=O) groups excluding carboxylic acids is 1. The van der Waals surface area contributed by atoms with E-state index in [1.807, 2.05) is 18.2 Å². The van der Waals surface area contributed by atoms with Gasteiger partial charge in [0.05, 0.1) is 10.7 Å². The van der Waals surface area contributed by atoms with Crippen molar-refractivity contribution < 1.29 is 4.79 Å². The lowest BCUT2D eigenvalue weighted by Crippen LogP contribution is -2.24. The molecule has 0 saturated heterocycles. The third-order valence-corrected chi connectivity index (χ3v) is 3.86. The number of nitrogens with one attached hydrogen (secondary N) is 2. The predicted molar refractivity (Wildman–Crippen MR) is 92.6 cm³/mol. The van der Waals surface area contributed by atoms with Gasteiger partial charge in [-0.05, 0) is 30.7 Å². The van der Waals surface area contributed by atoms with Gasteiger partial charge < -0.3 is 10.6 Å². The molecule has 1 amide bonds. The van der Waals surface area contributed by atoms with Crippen LogP contribution in [0.2, 0.25) is 10.0 Å². The Labute approximate surface area is 140 Å². The number of carbonyl (C=O) groups is 1. The smallest absolute Gasteiger partial charge is 0.225 e. The molecule has 2 rings (SSSR count). The van der Waals surface area contributed by atoms with Gasteiger partial charge in [-0.25, -0.2) is 0 Å². The fourth-order valence-corrected chi connectivity index (χ4v) is 2.52. The van der Waals surface area contributed by atoms with Gasteiger partial charge in [0.1, 0.15) is 0 Å². The minimum Gasteiger partial charge on any atom is -0.325 e. The van der Waals surface area contributed by atoms with Gasteiger partial charge >= 0.3 is 0 Å². The highest BCUT2D eigenvalue weighted by molar-refractivity contribution is 6.36. The van der Waals surface area contributed by atoms with Crippen LogP contribution in [0.5, 0.6) is 0 Å². The monoisotopic (exact) mass is 336 g/mol. The van der Waals surface area contributed by atoms with Gasteiger partial charge in [-0.15, -0.1) is 0 Å². The van der Waals surface area contributed by atoms with Crippen LogP contribution in [-0.2, 0) is 4.79 Å². The van der Waals surface area contributed by atoms with E-state index in [-0.39, 0.29) is 11.9 Å². The van der Waals surface area contributed by atoms with Gasteiger partial charge in [-0.3, -0.25) is 4.79 Å². The number of rotatable bonds is 6. The summed E-state index contributed by atoms with van der Waals surface area (Å²) < 4.78 is 0. The maximum absolute atomic E-state index is 11.9. The molecule has 2 aromatic carbocycles. The Hall–Kier alpha value is -1.55. The quantitative estimate of drug-likeness (QED) is 0.804. The summed E-state index contributed by atoms with van der Waals surface area (Å²) in [5.41, 5.74) is 1.77. The minimum atomic E-state index is -0.0861. The number of hydrogen-bond donors (Lipinski definition) is 2. The lowest BCUT2D eigenvalue weighted by Gasteiger charge is -2.14. The molecule has 116 valence electrons. The Morgan fingerprint density at radius 1 is 1.14 bits per heavy atom. The summed E-state index contributed by atoms with van der Waals surface area (Å²) in [5.74, 6) is -0.0861. The van der Waals surface area contributed by atoms with Gasteiger partial charge in [0.2, 0.25) is 5.91 Å². The molecular formula is C17H18Cl2N2O. The van der Waals surface area contributed by atoms with Crippen molar-refractivity contribution in [3.05, 3.63) is 64.1 Å². The van der Waals surface area contributed by atoms with Crippen molar-refractivity contribution in [2.75, 3.05) is 11.9 Å². The lowest BCUT2D eigenvalue weighted by molar-refractivity contribution is -0.116. The van der Waals surface area contributed by atoms with Gasteiger partial charge in [0.15, 0.2) is 0 Å². The Morgan fingerprint density at radius 2 is 1.86 bits per heavy atom. The summed E-state index contributed by atoms with van der Waals surface area (Å²) in [6.45, 7) is 2.66. The summed E-state index contributed by atoms with van der Waals surface area (Å²) in [6, 6.07) is 15.3. The van der Waals surface area contributed by atoms with Gasteiger partial charge in [0.25, 0.3) is 0 Å². The predicted octanol–water partition coefficient (Wildman–Crippen LogP) is 4.67. The summed E-state index contributed by atoms with van der Waals surface area (Å²) >= 11 is 11.8. The molecule has 2 N–H and O–H groups in total. The van der Waals surface area contributed by atoms with Crippen LogP contribution in [0.25, 0.3) is 0 Å². The molecule has 0 fully saturated rings. The van der Waals surface area contributed by atoms with E-state index >= 15 is 0 Å². The number of anilines is 1. The van der Waals surface area contributed by atoms with Crippen molar-refractivity contribution in [1.82, 2.24) is 5.32 Å². The molecule has 1 atom stereocenters. The molecule has 3 nitrogen and oxygen atoms in total. The Kier molecular flexibility index (Phi) is 6.25. The van der Waals surface area contributed by atoms with Crippen molar-refractivity contribution in [3.63, 3.8) is 0 Å². The highest BCUT2D eigenvalue weighted by Gasteiger charge is 2.08. The average molecular weight is 337 g/mol. The zero-order valence-electron chi connectivity index (χ0n) is 12.3. The molecule has 22 heavy (non-hydrogen) atoms. The molecule has 0 spiro atoms. The Balaban J connectivity index is 1.78. The molecule has 0 aliphatic heterocycles. The summed E-state index contributed by atoms with van der Waals surface area (Å²) in [4.78, 5) is 11.9. The molecule has 2 aromatic rings. The SMILES string of the molecule is CC(NCCC(=O)Nc1ccc(Cl)cc1Cl)c1ccccc1. The van der Waals surface area contributed by atoms with Crippen molar-refractivity contribution in [2.45, 2.75) is 19.4 Å². The van der Waals surface area contributed by atoms with E-state index in [9.17, 15) is 4.79 Å². The van der Waals surface area contributed by atoms with Crippen LogP contribution in [0.15, 0.2) is 48.5 Å². The first kappa shape index (κ1) is 16.8. The molecular weight excluding hydrogens is 319 g/mol. The molecule has 0 radical (unpaired) electrons. The second-order valence-corrected chi connectivity index (χ2v) is 5.85. The van der Waals surface area contributed by atoms with Crippen LogP contribution in [0.4, 0.5) is 5.69 Å². The highest BCUT2D eigenvalue weighted by atomic mass is 35.5. The molecule has 0 aliphatic carbocycles. The van der Waals surface area contributed by atoms with E-state index < -0.39 is 0 Å². The average Bonchev–Trinajstić information content (AvgIpc) is 2.51. The maximum Gasteiger partial charge on any atom is 0.225 e. The molecule has 0 aromatic heterocycles. The molecule has 1 unspecified atom stereocenters. The van der Waals surface area contributed by atoms with E-state index in [0.29, 0.717) is 28.7 Å². The zero-order valence-corrected chi connectivity index (χ0v) is 13.8. The zero-order chi connectivity index (χ0) is 15.9. The number of hydrogen-bond acceptors (Lipinski definition) is 2. The van der Waals surface area contributed by atoms with Crippen molar-refractivity contribution in [2.24, 2.45) is 0 Å². The summed E-state index contributed by atoms with van der Waals surface area (Å²) in [6.07, 6.45) is 0.371. The Bertz CT molecular complexity index is 632. The number of amides is 1. The normalized spacial score (nSPS) is 12.0. The molecule has 0 saturated carbocycles. The summed E-state index contributed by atoms with van der Waals surface area (Å²) in [5, 5.41) is 7.09. The van der Waals surface area contributed by atoms with E-state index in [0.717, 1.165) is 0 Å². The molecule has 5 heteroatoms. The molecule has 0 heterocycles. The molecule has 0 bridgehead atoms. The van der Waals surface area contributed by atoms with Crippen LogP contribution in [-0.4, -0.2) is 12.5 Å². The van der Waals surface area contributed by atoms with Crippen LogP contribution < -0.4 is 10.6 Å². The second kappa shape index (κ2) is 8.18. The first-order valence-corrected chi connectivity index (χ1v) is 7.85. The minimum absolute atomic E-state index is 0.0861. The van der Waals surface area contributed by atoms with Gasteiger partial charge in [-0.2, -0.15) is 0 Å². The second-order valence-electron chi connectivity index (χ2n) is 5.01. The third kappa shape index (κ3) is 5.02. The van der Waals surface area contributed by atoms with E-state index in [1.165, 1.54) is 5.56 Å². The topological polar surface area (TPSA) is 41.1 Å². The van der Waals surface area contributed by atoms with Gasteiger partial charge in [-0.1, -0.05) is 53.5 Å². The molecule has 0 aliphatic rings. The first-order chi connectivity index (χ1) is 10.6. The van der Waals surface area contributed by atoms with E-state index in [2.05, 4.69) is 29.7 Å². The fourth-order valence-electron chi connectivity index (χ4n) is 2.07. The van der Waals surface area contributed by atoms with E-state index in [4.69, 9.17) is 23.2 Å². The highest BCUT2D eigenvalue weighted by Crippen LogP contribution is 2.25. The summed E-state index contributed by atoms with van der Waals surface area (Å²) in [7, 11) is 0. The van der Waals surface area contributed by atoms with Crippen molar-refractivity contribution in [3.8, 4) is 0 Å². The van der Waals surface area contributed by atoms with Crippen LogP contribution in [0.3, 0.4) is 0 Å². The Morgan fingerprint density at radius 3 is 2.55 bits per heavy atom. The van der Waals surface area contributed by atoms with Gasteiger partial charge in [0, 0.05) is 24.0 Å². The number of benzene rings is 2. The number of halogens is 2. The van der Waals surface area contributed by atoms with Crippen molar-refractivity contribution in [1.29, 1.82) is 0 Å². The van der Waals surface area contributed by atoms with Crippen LogP contribution in [0.1, 0.15) is 24.9 Å². The van der Waals surface area contributed by atoms with Crippen molar-refractivity contribution >= 4 is 34.8 Å². The largest absolute Gasteiger partial charge is 0.325 e. The lowest BCUT2D eigenvalue weighted by atomic mass is 10.1. The van der Waals surface area contributed by atoms with Crippen LogP contribution in [0, 0.1) is 0 Å². The first-order valence-electron chi connectivity index (χ1n) is 7.09. The maximum atomic E-state index is 11.9. The van der Waals surface area contributed by atoms with E-state index in [1.54, 1.807) is 18.2 Å². The standard InChI is InChI=1S/C17H18Cl2N2O/c1-12(13-5-3-2-4-6-13)20-10-9-17(22)21-16-8-7-14(18)11-15(16)19/h2-8,11-12,20H,9-10H2,1H3,(H,21,22). The van der Waals surface area contributed by atoms with Crippen LogP contribution >= 0.6 is 23.2 Å². The third-order valence-electron chi connectivity index (χ3n) is 3.31. The fraction of sp³-hybridized carbons (Fsp3) is 0.235.